The van der Waals surface area contributed by atoms with Gasteiger partial charge in [0.05, 0.1) is 13.7 Å². The van der Waals surface area contributed by atoms with Crippen molar-refractivity contribution in [1.82, 2.24) is 0 Å². The van der Waals surface area contributed by atoms with Crippen LogP contribution in [0, 0.1) is 0 Å². The van der Waals surface area contributed by atoms with Crippen molar-refractivity contribution in [2.75, 3.05) is 20.3 Å². The third kappa shape index (κ3) is 4.72. The smallest absolute Gasteiger partial charge is 0.161 e. The van der Waals surface area contributed by atoms with E-state index in [9.17, 15) is 0 Å². The average molecular weight is 275 g/mol. The van der Waals surface area contributed by atoms with Crippen LogP contribution in [0.15, 0.2) is 18.2 Å². The van der Waals surface area contributed by atoms with Gasteiger partial charge in [-0.1, -0.05) is 6.07 Å². The average Bonchev–Trinajstić information content (AvgIpc) is 2.36. The molecule has 104 valence electrons. The van der Waals surface area contributed by atoms with Crippen molar-refractivity contribution in [2.45, 2.75) is 25.8 Å². The Labute approximate surface area is 115 Å². The SMILES string of the molecule is CCOc1cc([C@H](N)CCCN)ccc1OC.Cl. The minimum atomic E-state index is 0. The van der Waals surface area contributed by atoms with E-state index >= 15 is 0 Å². The predicted molar refractivity (Wildman–Crippen MR) is 76.6 cm³/mol. The molecule has 4 nitrogen and oxygen atoms in total. The monoisotopic (exact) mass is 274 g/mol. The molecule has 0 bridgehead atoms. The molecule has 0 aromatic heterocycles. The van der Waals surface area contributed by atoms with Crippen LogP contribution in [0.25, 0.3) is 0 Å². The molecule has 0 spiro atoms. The zero-order valence-corrected chi connectivity index (χ0v) is 11.8. The van der Waals surface area contributed by atoms with Crippen molar-refractivity contribution in [3.63, 3.8) is 0 Å². The van der Waals surface area contributed by atoms with Gasteiger partial charge in [0.1, 0.15) is 0 Å². The molecule has 0 saturated heterocycles. The molecule has 1 rings (SSSR count). The summed E-state index contributed by atoms with van der Waals surface area (Å²) < 4.78 is 10.7. The second-order valence-corrected chi connectivity index (χ2v) is 3.88. The molecule has 0 fully saturated rings. The van der Waals surface area contributed by atoms with Crippen molar-refractivity contribution in [3.8, 4) is 11.5 Å². The third-order valence-electron chi connectivity index (χ3n) is 2.63. The molecule has 18 heavy (non-hydrogen) atoms. The van der Waals surface area contributed by atoms with E-state index in [0.717, 1.165) is 29.9 Å². The Morgan fingerprint density at radius 3 is 2.56 bits per heavy atom. The first kappa shape index (κ1) is 17.0. The van der Waals surface area contributed by atoms with Crippen LogP contribution in [0.1, 0.15) is 31.4 Å². The van der Waals surface area contributed by atoms with E-state index in [-0.39, 0.29) is 18.4 Å². The van der Waals surface area contributed by atoms with Crippen molar-refractivity contribution in [3.05, 3.63) is 23.8 Å². The quantitative estimate of drug-likeness (QED) is 0.800. The van der Waals surface area contributed by atoms with Gasteiger partial charge in [-0.05, 0) is 44.0 Å². The lowest BCUT2D eigenvalue weighted by atomic mass is 10.0. The van der Waals surface area contributed by atoms with Crippen LogP contribution in [-0.2, 0) is 0 Å². The highest BCUT2D eigenvalue weighted by molar-refractivity contribution is 5.85. The molecule has 4 N–H and O–H groups in total. The van der Waals surface area contributed by atoms with Crippen molar-refractivity contribution in [2.24, 2.45) is 11.5 Å². The number of nitrogens with two attached hydrogens (primary N) is 2. The number of methoxy groups -OCH3 is 1. The normalized spacial score (nSPS) is 11.6. The van der Waals surface area contributed by atoms with Crippen LogP contribution in [0.2, 0.25) is 0 Å². The van der Waals surface area contributed by atoms with E-state index in [4.69, 9.17) is 20.9 Å². The van der Waals surface area contributed by atoms with Gasteiger partial charge in [-0.25, -0.2) is 0 Å². The molecule has 0 aliphatic rings. The highest BCUT2D eigenvalue weighted by Crippen LogP contribution is 2.30. The summed E-state index contributed by atoms with van der Waals surface area (Å²) in [5.41, 5.74) is 12.6. The molecule has 0 aliphatic heterocycles. The summed E-state index contributed by atoms with van der Waals surface area (Å²) in [6.07, 6.45) is 1.81. The molecule has 1 atom stereocenters. The van der Waals surface area contributed by atoms with Gasteiger partial charge in [0.25, 0.3) is 0 Å². The van der Waals surface area contributed by atoms with Crippen LogP contribution < -0.4 is 20.9 Å². The largest absolute Gasteiger partial charge is 0.493 e. The molecular formula is C13H23ClN2O2. The molecule has 0 amide bonds. The summed E-state index contributed by atoms with van der Waals surface area (Å²) in [5, 5.41) is 0. The van der Waals surface area contributed by atoms with Gasteiger partial charge in [0.15, 0.2) is 11.5 Å². The van der Waals surface area contributed by atoms with Gasteiger partial charge < -0.3 is 20.9 Å². The molecule has 0 unspecified atom stereocenters. The van der Waals surface area contributed by atoms with Crippen molar-refractivity contribution < 1.29 is 9.47 Å². The topological polar surface area (TPSA) is 70.5 Å². The van der Waals surface area contributed by atoms with Gasteiger partial charge in [-0.15, -0.1) is 12.4 Å². The number of hydrogen-bond acceptors (Lipinski definition) is 4. The maximum absolute atomic E-state index is 6.09. The Kier molecular flexibility index (Phi) is 8.54. The first-order valence-corrected chi connectivity index (χ1v) is 5.99. The fraction of sp³-hybridized carbons (Fsp3) is 0.538. The highest BCUT2D eigenvalue weighted by atomic mass is 35.5. The second kappa shape index (κ2) is 9.03. The van der Waals surface area contributed by atoms with E-state index < -0.39 is 0 Å². The Morgan fingerprint density at radius 2 is 2.00 bits per heavy atom. The number of hydrogen-bond donors (Lipinski definition) is 2. The molecule has 1 aromatic carbocycles. The Hall–Kier alpha value is -0.970. The summed E-state index contributed by atoms with van der Waals surface area (Å²) in [6.45, 7) is 3.22. The van der Waals surface area contributed by atoms with Gasteiger partial charge in [0.2, 0.25) is 0 Å². The molecule has 0 aliphatic carbocycles. The summed E-state index contributed by atoms with van der Waals surface area (Å²) in [7, 11) is 1.63. The predicted octanol–water partition coefficient (Wildman–Crippen LogP) is 2.25. The van der Waals surface area contributed by atoms with Crippen LogP contribution in [-0.4, -0.2) is 20.3 Å². The number of ether oxygens (including phenoxy) is 2. The van der Waals surface area contributed by atoms with Crippen LogP contribution in [0.3, 0.4) is 0 Å². The lowest BCUT2D eigenvalue weighted by Crippen LogP contribution is -2.12. The standard InChI is InChI=1S/C13H22N2O2.ClH/c1-3-17-13-9-10(6-7-12(13)16-2)11(15)5-4-8-14;/h6-7,9,11H,3-5,8,14-15H2,1-2H3;1H/t11-;/m1./s1. The van der Waals surface area contributed by atoms with Gasteiger partial charge in [0, 0.05) is 6.04 Å². The minimum Gasteiger partial charge on any atom is -0.493 e. The van der Waals surface area contributed by atoms with E-state index in [0.29, 0.717) is 13.2 Å². The van der Waals surface area contributed by atoms with E-state index in [2.05, 4.69) is 0 Å². The second-order valence-electron chi connectivity index (χ2n) is 3.88. The number of halogens is 1. The molecular weight excluding hydrogens is 252 g/mol. The highest BCUT2D eigenvalue weighted by Gasteiger charge is 2.10. The zero-order chi connectivity index (χ0) is 12.7. The number of rotatable bonds is 7. The first-order valence-electron chi connectivity index (χ1n) is 5.99. The Bertz CT molecular complexity index is 348. The zero-order valence-electron chi connectivity index (χ0n) is 11.0. The maximum Gasteiger partial charge on any atom is 0.161 e. The molecule has 0 heterocycles. The Balaban J connectivity index is 0.00000289. The number of benzene rings is 1. The third-order valence-corrected chi connectivity index (χ3v) is 2.63. The van der Waals surface area contributed by atoms with Crippen molar-refractivity contribution in [1.29, 1.82) is 0 Å². The van der Waals surface area contributed by atoms with Gasteiger partial charge in [-0.2, -0.15) is 0 Å². The summed E-state index contributed by atoms with van der Waals surface area (Å²) >= 11 is 0. The molecule has 1 aromatic rings. The van der Waals surface area contributed by atoms with E-state index in [1.165, 1.54) is 0 Å². The van der Waals surface area contributed by atoms with Crippen LogP contribution in [0.5, 0.6) is 11.5 Å². The van der Waals surface area contributed by atoms with Crippen LogP contribution in [0.4, 0.5) is 0 Å². The minimum absolute atomic E-state index is 0. The molecule has 0 radical (unpaired) electrons. The van der Waals surface area contributed by atoms with E-state index in [1.807, 2.05) is 25.1 Å². The molecule has 5 heteroatoms. The summed E-state index contributed by atoms with van der Waals surface area (Å²) in [4.78, 5) is 0. The summed E-state index contributed by atoms with van der Waals surface area (Å²) in [5.74, 6) is 1.48. The maximum atomic E-state index is 6.09. The lowest BCUT2D eigenvalue weighted by Gasteiger charge is -2.15. The summed E-state index contributed by atoms with van der Waals surface area (Å²) in [6, 6.07) is 5.82. The van der Waals surface area contributed by atoms with Crippen LogP contribution >= 0.6 is 12.4 Å². The fourth-order valence-electron chi connectivity index (χ4n) is 1.70. The van der Waals surface area contributed by atoms with E-state index in [1.54, 1.807) is 7.11 Å². The van der Waals surface area contributed by atoms with Gasteiger partial charge >= 0.3 is 0 Å². The fourth-order valence-corrected chi connectivity index (χ4v) is 1.70. The molecule has 0 saturated carbocycles. The lowest BCUT2D eigenvalue weighted by molar-refractivity contribution is 0.310. The van der Waals surface area contributed by atoms with Crippen molar-refractivity contribution >= 4 is 12.4 Å². The Morgan fingerprint density at radius 1 is 1.28 bits per heavy atom. The van der Waals surface area contributed by atoms with Gasteiger partial charge in [-0.3, -0.25) is 0 Å². The first-order chi connectivity index (χ1) is 8.22.